The normalized spacial score (nSPS) is 14.8. The van der Waals surface area contributed by atoms with Gasteiger partial charge in [-0.25, -0.2) is 4.39 Å². The van der Waals surface area contributed by atoms with Crippen LogP contribution in [-0.2, 0) is 0 Å². The largest absolute Gasteiger partial charge is 0.403 e. The molecule has 1 aromatic carbocycles. The van der Waals surface area contributed by atoms with Crippen molar-refractivity contribution in [3.63, 3.8) is 0 Å². The zero-order valence-electron chi connectivity index (χ0n) is 9.78. The third-order valence-electron chi connectivity index (χ3n) is 2.62. The Kier molecular flexibility index (Phi) is 4.60. The fourth-order valence-electron chi connectivity index (χ4n) is 1.63. The number of hydrogen-bond donors (Lipinski definition) is 1. The van der Waals surface area contributed by atoms with Gasteiger partial charge in [-0.05, 0) is 24.6 Å². The molecule has 1 N–H and O–H groups in total. The predicted octanol–water partition coefficient (Wildman–Crippen LogP) is 4.56. The monoisotopic (exact) mass is 324 g/mol. The average Bonchev–Trinajstić information content (AvgIpc) is 2.18. The van der Waals surface area contributed by atoms with E-state index in [9.17, 15) is 35.8 Å². The first-order valence-corrected chi connectivity index (χ1v) is 5.50. The first-order chi connectivity index (χ1) is 8.85. The molecule has 0 radical (unpaired) electrons. The number of hydrogen-bond acceptors (Lipinski definition) is 1. The van der Waals surface area contributed by atoms with E-state index in [1.807, 2.05) is 0 Å². The zero-order chi connectivity index (χ0) is 15.9. The summed E-state index contributed by atoms with van der Waals surface area (Å²) in [5.74, 6) is -4.90. The molecular formula is C11H8ClF7O. The van der Waals surface area contributed by atoms with Crippen molar-refractivity contribution in [1.29, 1.82) is 0 Å². The van der Waals surface area contributed by atoms with Crippen molar-refractivity contribution in [2.75, 3.05) is 0 Å². The SMILES string of the molecule is Cc1cc(C(O)C(C(F)(F)F)C(F)(F)F)c(Cl)cc1F. The minimum atomic E-state index is -5.72. The van der Waals surface area contributed by atoms with Gasteiger partial charge in [-0.3, -0.25) is 0 Å². The van der Waals surface area contributed by atoms with Gasteiger partial charge in [0.2, 0.25) is 0 Å². The summed E-state index contributed by atoms with van der Waals surface area (Å²) in [6.07, 6.45) is -14.4. The first-order valence-electron chi connectivity index (χ1n) is 5.12. The van der Waals surface area contributed by atoms with E-state index in [2.05, 4.69) is 0 Å². The van der Waals surface area contributed by atoms with E-state index in [0.717, 1.165) is 6.92 Å². The van der Waals surface area contributed by atoms with Crippen LogP contribution in [0.2, 0.25) is 5.02 Å². The topological polar surface area (TPSA) is 20.2 Å². The molecule has 0 saturated carbocycles. The number of aliphatic hydroxyl groups is 1. The van der Waals surface area contributed by atoms with Crippen LogP contribution in [0.15, 0.2) is 12.1 Å². The Hall–Kier alpha value is -1.02. The highest BCUT2D eigenvalue weighted by molar-refractivity contribution is 6.31. The van der Waals surface area contributed by atoms with Gasteiger partial charge in [0.25, 0.3) is 0 Å². The molecule has 1 nitrogen and oxygen atoms in total. The van der Waals surface area contributed by atoms with Gasteiger partial charge in [0, 0.05) is 10.6 Å². The Morgan fingerprint density at radius 3 is 1.90 bits per heavy atom. The third kappa shape index (κ3) is 3.54. The smallest absolute Gasteiger partial charge is 0.387 e. The van der Waals surface area contributed by atoms with Crippen LogP contribution in [0.5, 0.6) is 0 Å². The lowest BCUT2D eigenvalue weighted by molar-refractivity contribution is -0.307. The van der Waals surface area contributed by atoms with Crippen LogP contribution >= 0.6 is 11.6 Å². The minimum absolute atomic E-state index is 0.230. The van der Waals surface area contributed by atoms with E-state index in [-0.39, 0.29) is 5.56 Å². The Labute approximate surface area is 114 Å². The molecule has 0 fully saturated rings. The number of rotatable bonds is 2. The second-order valence-corrected chi connectivity index (χ2v) is 4.54. The molecular weight excluding hydrogens is 317 g/mol. The van der Waals surface area contributed by atoms with Gasteiger partial charge in [0.1, 0.15) is 11.9 Å². The van der Waals surface area contributed by atoms with Gasteiger partial charge in [-0.1, -0.05) is 11.6 Å². The molecule has 0 aromatic heterocycles. The van der Waals surface area contributed by atoms with E-state index in [1.165, 1.54) is 0 Å². The fourth-order valence-corrected chi connectivity index (χ4v) is 1.89. The Morgan fingerprint density at radius 2 is 1.50 bits per heavy atom. The van der Waals surface area contributed by atoms with Gasteiger partial charge in [0.15, 0.2) is 5.92 Å². The molecule has 0 bridgehead atoms. The predicted molar refractivity (Wildman–Crippen MR) is 56.7 cm³/mol. The minimum Gasteiger partial charge on any atom is -0.387 e. The van der Waals surface area contributed by atoms with Crippen molar-refractivity contribution in [2.24, 2.45) is 5.92 Å². The van der Waals surface area contributed by atoms with Gasteiger partial charge >= 0.3 is 12.4 Å². The van der Waals surface area contributed by atoms with E-state index in [1.54, 1.807) is 0 Å². The summed E-state index contributed by atoms with van der Waals surface area (Å²) in [7, 11) is 0. The standard InChI is InChI=1S/C11H8ClF7O/c1-4-2-5(6(12)3-7(4)13)8(20)9(10(14,15)16)11(17,18)19/h2-3,8-9,20H,1H3. The highest BCUT2D eigenvalue weighted by Crippen LogP contribution is 2.47. The molecule has 9 heteroatoms. The molecule has 0 aliphatic carbocycles. The molecule has 0 amide bonds. The summed E-state index contributed by atoms with van der Waals surface area (Å²) in [5, 5.41) is 8.69. The molecule has 0 saturated heterocycles. The molecule has 114 valence electrons. The molecule has 1 unspecified atom stereocenters. The molecule has 0 heterocycles. The van der Waals surface area contributed by atoms with Crippen molar-refractivity contribution >= 4 is 11.6 Å². The number of halogens is 8. The molecule has 0 aliphatic heterocycles. The Balaban J connectivity index is 3.34. The number of aliphatic hydroxyl groups excluding tert-OH is 1. The molecule has 20 heavy (non-hydrogen) atoms. The lowest BCUT2D eigenvalue weighted by atomic mass is 9.93. The third-order valence-corrected chi connectivity index (χ3v) is 2.94. The number of alkyl halides is 6. The summed E-state index contributed by atoms with van der Waals surface area (Å²) in [5.41, 5.74) is -1.06. The average molecular weight is 325 g/mol. The number of aryl methyl sites for hydroxylation is 1. The van der Waals surface area contributed by atoms with Crippen LogP contribution in [0, 0.1) is 18.7 Å². The summed E-state index contributed by atoms with van der Waals surface area (Å²) >= 11 is 5.41. The quantitative estimate of drug-likeness (QED) is 0.791. The summed E-state index contributed by atoms with van der Waals surface area (Å²) in [6.45, 7) is 1.12. The van der Waals surface area contributed by atoms with Crippen LogP contribution in [-0.4, -0.2) is 17.5 Å². The van der Waals surface area contributed by atoms with Crippen molar-refractivity contribution < 1.29 is 35.8 Å². The molecule has 1 atom stereocenters. The Bertz CT molecular complexity index is 481. The maximum atomic E-state index is 13.1. The van der Waals surface area contributed by atoms with E-state index < -0.39 is 40.8 Å². The summed E-state index contributed by atoms with van der Waals surface area (Å²) in [6, 6.07) is 1.21. The van der Waals surface area contributed by atoms with Crippen LogP contribution in [0.3, 0.4) is 0 Å². The lowest BCUT2D eigenvalue weighted by Crippen LogP contribution is -2.41. The first kappa shape index (κ1) is 17.0. The molecule has 1 aromatic rings. The van der Waals surface area contributed by atoms with Crippen molar-refractivity contribution in [1.82, 2.24) is 0 Å². The highest BCUT2D eigenvalue weighted by Gasteiger charge is 2.60. The lowest BCUT2D eigenvalue weighted by Gasteiger charge is -2.28. The van der Waals surface area contributed by atoms with Crippen LogP contribution in [0.1, 0.15) is 17.2 Å². The Morgan fingerprint density at radius 1 is 1.05 bits per heavy atom. The summed E-state index contributed by atoms with van der Waals surface area (Å²) < 4.78 is 87.9. The zero-order valence-corrected chi connectivity index (χ0v) is 10.5. The second-order valence-electron chi connectivity index (χ2n) is 4.13. The van der Waals surface area contributed by atoms with E-state index in [4.69, 9.17) is 11.6 Å². The van der Waals surface area contributed by atoms with E-state index in [0.29, 0.717) is 12.1 Å². The summed E-state index contributed by atoms with van der Waals surface area (Å²) in [4.78, 5) is 0. The molecule has 0 aliphatic rings. The second kappa shape index (κ2) is 5.40. The molecule has 1 rings (SSSR count). The maximum Gasteiger partial charge on any atom is 0.403 e. The van der Waals surface area contributed by atoms with Gasteiger partial charge in [0.05, 0.1) is 0 Å². The van der Waals surface area contributed by atoms with Gasteiger partial charge in [-0.15, -0.1) is 0 Å². The van der Waals surface area contributed by atoms with Crippen LogP contribution in [0.4, 0.5) is 30.7 Å². The van der Waals surface area contributed by atoms with Crippen LogP contribution in [0.25, 0.3) is 0 Å². The van der Waals surface area contributed by atoms with Crippen LogP contribution < -0.4 is 0 Å². The fraction of sp³-hybridized carbons (Fsp3) is 0.455. The van der Waals surface area contributed by atoms with Crippen molar-refractivity contribution in [3.05, 3.63) is 34.1 Å². The molecule has 0 spiro atoms. The van der Waals surface area contributed by atoms with E-state index >= 15 is 0 Å². The van der Waals surface area contributed by atoms with Crippen molar-refractivity contribution in [3.8, 4) is 0 Å². The maximum absolute atomic E-state index is 13.1. The van der Waals surface area contributed by atoms with Gasteiger partial charge < -0.3 is 5.11 Å². The van der Waals surface area contributed by atoms with Crippen molar-refractivity contribution in [2.45, 2.75) is 25.4 Å². The highest BCUT2D eigenvalue weighted by atomic mass is 35.5. The number of benzene rings is 1. The van der Waals surface area contributed by atoms with Gasteiger partial charge in [-0.2, -0.15) is 26.3 Å².